The van der Waals surface area contributed by atoms with Gasteiger partial charge in [-0.15, -0.1) is 0 Å². The van der Waals surface area contributed by atoms with E-state index in [4.69, 9.17) is 0 Å². The summed E-state index contributed by atoms with van der Waals surface area (Å²) in [7, 11) is 0. The summed E-state index contributed by atoms with van der Waals surface area (Å²) in [6, 6.07) is 1.50. The number of piperidine rings is 1. The third-order valence-electron chi connectivity index (χ3n) is 5.52. The molecule has 20 heavy (non-hydrogen) atoms. The lowest BCUT2D eigenvalue weighted by molar-refractivity contribution is 0.0736. The highest BCUT2D eigenvalue weighted by Crippen LogP contribution is 2.21. The Morgan fingerprint density at radius 1 is 0.850 bits per heavy atom. The number of hydrogen-bond acceptors (Lipinski definition) is 3. The summed E-state index contributed by atoms with van der Waals surface area (Å²) in [5.74, 6) is 0.945. The molecule has 2 saturated heterocycles. The summed E-state index contributed by atoms with van der Waals surface area (Å²) in [4.78, 5) is 8.01. The van der Waals surface area contributed by atoms with Gasteiger partial charge < -0.3 is 9.80 Å². The van der Waals surface area contributed by atoms with E-state index < -0.39 is 0 Å². The van der Waals surface area contributed by atoms with E-state index in [1.807, 2.05) is 0 Å². The van der Waals surface area contributed by atoms with Crippen molar-refractivity contribution in [1.29, 1.82) is 0 Å². The van der Waals surface area contributed by atoms with E-state index in [0.29, 0.717) is 0 Å². The molecule has 0 aliphatic carbocycles. The van der Waals surface area contributed by atoms with Gasteiger partial charge in [0.15, 0.2) is 0 Å². The van der Waals surface area contributed by atoms with Gasteiger partial charge in [0.1, 0.15) is 0 Å². The van der Waals surface area contributed by atoms with Crippen molar-refractivity contribution in [3.63, 3.8) is 0 Å². The van der Waals surface area contributed by atoms with E-state index in [1.54, 1.807) is 0 Å². The Balaban J connectivity index is 1.66. The summed E-state index contributed by atoms with van der Waals surface area (Å²) in [5, 5.41) is 0. The van der Waals surface area contributed by atoms with E-state index >= 15 is 0 Å². The lowest BCUT2D eigenvalue weighted by Crippen LogP contribution is -2.50. The van der Waals surface area contributed by atoms with Crippen LogP contribution in [0.1, 0.15) is 47.0 Å². The molecule has 0 amide bonds. The monoisotopic (exact) mass is 281 g/mol. The molecule has 0 aromatic rings. The predicted octanol–water partition coefficient (Wildman–Crippen LogP) is 2.52. The van der Waals surface area contributed by atoms with Crippen LogP contribution in [0.2, 0.25) is 0 Å². The van der Waals surface area contributed by atoms with Gasteiger partial charge in [-0.05, 0) is 59.0 Å². The van der Waals surface area contributed by atoms with Crippen molar-refractivity contribution < 1.29 is 0 Å². The number of nitrogens with zero attached hydrogens (tertiary/aromatic N) is 3. The summed E-state index contributed by atoms with van der Waals surface area (Å²) in [6.07, 6.45) is 4.12. The standard InChI is InChI=1S/C17H35N3/c1-5-16(4)20-8-6-17(7-9-20)14-18-10-12-19(13-11-18)15(2)3/h15-17H,5-14H2,1-4H3. The fraction of sp³-hybridized carbons (Fsp3) is 1.00. The summed E-state index contributed by atoms with van der Waals surface area (Å²) in [5.41, 5.74) is 0. The fourth-order valence-electron chi connectivity index (χ4n) is 3.66. The maximum atomic E-state index is 2.71. The molecule has 2 aliphatic rings. The van der Waals surface area contributed by atoms with E-state index in [1.165, 1.54) is 65.1 Å². The minimum atomic E-state index is 0.718. The highest BCUT2D eigenvalue weighted by Gasteiger charge is 2.25. The van der Waals surface area contributed by atoms with Crippen LogP contribution in [-0.2, 0) is 0 Å². The Bertz CT molecular complexity index is 263. The average molecular weight is 281 g/mol. The van der Waals surface area contributed by atoms with Gasteiger partial charge in [0.2, 0.25) is 0 Å². The first-order valence-electron chi connectivity index (χ1n) is 8.80. The molecular formula is C17H35N3. The molecule has 0 N–H and O–H groups in total. The van der Waals surface area contributed by atoms with E-state index in [9.17, 15) is 0 Å². The lowest BCUT2D eigenvalue weighted by atomic mass is 9.94. The van der Waals surface area contributed by atoms with Crippen molar-refractivity contribution in [1.82, 2.24) is 14.7 Å². The average Bonchev–Trinajstić information content (AvgIpc) is 2.48. The number of likely N-dealkylation sites (tertiary alicyclic amines) is 1. The molecule has 118 valence electrons. The summed E-state index contributed by atoms with van der Waals surface area (Å²) in [6.45, 7) is 18.4. The van der Waals surface area contributed by atoms with Crippen molar-refractivity contribution in [2.75, 3.05) is 45.8 Å². The first kappa shape index (κ1) is 16.3. The summed E-state index contributed by atoms with van der Waals surface area (Å²) >= 11 is 0. The van der Waals surface area contributed by atoms with Gasteiger partial charge in [-0.3, -0.25) is 4.90 Å². The quantitative estimate of drug-likeness (QED) is 0.767. The Morgan fingerprint density at radius 2 is 1.45 bits per heavy atom. The minimum absolute atomic E-state index is 0.718. The molecule has 2 heterocycles. The number of hydrogen-bond donors (Lipinski definition) is 0. The van der Waals surface area contributed by atoms with E-state index in [2.05, 4.69) is 42.4 Å². The van der Waals surface area contributed by atoms with Crippen molar-refractivity contribution in [2.45, 2.75) is 59.0 Å². The Morgan fingerprint density at radius 3 is 1.95 bits per heavy atom. The van der Waals surface area contributed by atoms with Crippen LogP contribution in [0, 0.1) is 5.92 Å². The van der Waals surface area contributed by atoms with Crippen LogP contribution in [-0.4, -0.2) is 72.6 Å². The van der Waals surface area contributed by atoms with Crippen LogP contribution in [0.15, 0.2) is 0 Å². The maximum Gasteiger partial charge on any atom is 0.0113 e. The molecule has 0 radical (unpaired) electrons. The van der Waals surface area contributed by atoms with E-state index in [0.717, 1.165) is 18.0 Å². The zero-order valence-corrected chi connectivity index (χ0v) is 14.1. The molecule has 0 spiro atoms. The first-order valence-corrected chi connectivity index (χ1v) is 8.80. The molecule has 0 saturated carbocycles. The molecule has 0 aromatic heterocycles. The van der Waals surface area contributed by atoms with Crippen LogP contribution in [0.3, 0.4) is 0 Å². The molecule has 3 heteroatoms. The third-order valence-corrected chi connectivity index (χ3v) is 5.52. The molecule has 2 rings (SSSR count). The predicted molar refractivity (Wildman–Crippen MR) is 87.2 cm³/mol. The number of piperazine rings is 1. The Hall–Kier alpha value is -0.120. The molecule has 3 nitrogen and oxygen atoms in total. The second-order valence-corrected chi connectivity index (χ2v) is 7.17. The van der Waals surface area contributed by atoms with Gasteiger partial charge in [-0.1, -0.05) is 6.92 Å². The molecule has 0 bridgehead atoms. The van der Waals surface area contributed by atoms with Gasteiger partial charge >= 0.3 is 0 Å². The van der Waals surface area contributed by atoms with Gasteiger partial charge in [0.05, 0.1) is 0 Å². The molecule has 2 aliphatic heterocycles. The van der Waals surface area contributed by atoms with Gasteiger partial charge in [0, 0.05) is 44.8 Å². The smallest absolute Gasteiger partial charge is 0.0113 e. The van der Waals surface area contributed by atoms with Gasteiger partial charge in [0.25, 0.3) is 0 Å². The Kier molecular flexibility index (Phi) is 6.31. The molecule has 1 atom stereocenters. The molecular weight excluding hydrogens is 246 g/mol. The van der Waals surface area contributed by atoms with Gasteiger partial charge in [-0.2, -0.15) is 0 Å². The van der Waals surface area contributed by atoms with Crippen molar-refractivity contribution in [3.8, 4) is 0 Å². The normalized spacial score (nSPS) is 26.2. The van der Waals surface area contributed by atoms with E-state index in [-0.39, 0.29) is 0 Å². The molecule has 1 unspecified atom stereocenters. The van der Waals surface area contributed by atoms with Crippen molar-refractivity contribution in [3.05, 3.63) is 0 Å². The van der Waals surface area contributed by atoms with Crippen LogP contribution in [0.5, 0.6) is 0 Å². The van der Waals surface area contributed by atoms with Crippen molar-refractivity contribution in [2.24, 2.45) is 5.92 Å². The van der Waals surface area contributed by atoms with Crippen LogP contribution >= 0.6 is 0 Å². The largest absolute Gasteiger partial charge is 0.301 e. The van der Waals surface area contributed by atoms with Gasteiger partial charge in [-0.25, -0.2) is 0 Å². The summed E-state index contributed by atoms with van der Waals surface area (Å²) < 4.78 is 0. The highest BCUT2D eigenvalue weighted by molar-refractivity contribution is 4.80. The molecule has 0 aromatic carbocycles. The van der Waals surface area contributed by atoms with Crippen LogP contribution in [0.4, 0.5) is 0 Å². The topological polar surface area (TPSA) is 9.72 Å². The molecule has 2 fully saturated rings. The second-order valence-electron chi connectivity index (χ2n) is 7.17. The highest BCUT2D eigenvalue weighted by atomic mass is 15.3. The van der Waals surface area contributed by atoms with Crippen LogP contribution < -0.4 is 0 Å². The third kappa shape index (κ3) is 4.44. The first-order chi connectivity index (χ1) is 9.60. The second kappa shape index (κ2) is 7.77. The number of rotatable bonds is 5. The van der Waals surface area contributed by atoms with Crippen molar-refractivity contribution >= 4 is 0 Å². The fourth-order valence-corrected chi connectivity index (χ4v) is 3.66. The SMILES string of the molecule is CCC(C)N1CCC(CN2CCN(C(C)C)CC2)CC1. The zero-order chi connectivity index (χ0) is 14.5. The maximum absolute atomic E-state index is 2.71. The zero-order valence-electron chi connectivity index (χ0n) is 14.1. The minimum Gasteiger partial charge on any atom is -0.301 e. The van der Waals surface area contributed by atoms with Crippen LogP contribution in [0.25, 0.3) is 0 Å². The lowest BCUT2D eigenvalue weighted by Gasteiger charge is -2.41. The Labute approximate surface area is 126 Å².